The second-order valence-corrected chi connectivity index (χ2v) is 22.3. The number of ketones is 1. The molecule has 0 bridgehead atoms. The minimum atomic E-state index is -0.588. The molecule has 4 aromatic heterocycles. The predicted molar refractivity (Wildman–Crippen MR) is 332 cm³/mol. The highest BCUT2D eigenvalue weighted by molar-refractivity contribution is 5.90. The number of aromatic nitrogens is 8. The number of hydrogen-bond donors (Lipinski definition) is 5. The number of H-pyrrole nitrogens is 4. The molecule has 2 aliphatic rings. The van der Waals surface area contributed by atoms with E-state index in [0.29, 0.717) is 50.5 Å². The molecule has 12 rings (SSSR count). The molecule has 19 heteroatoms. The van der Waals surface area contributed by atoms with E-state index in [1.165, 1.54) is 16.3 Å². The van der Waals surface area contributed by atoms with Crippen molar-refractivity contribution in [2.45, 2.75) is 51.5 Å². The molecule has 0 unspecified atom stereocenters. The molecule has 2 fully saturated rings. The van der Waals surface area contributed by atoms with Gasteiger partial charge in [-0.2, -0.15) is 0 Å². The van der Waals surface area contributed by atoms with Crippen molar-refractivity contribution >= 4 is 73.1 Å². The maximum atomic E-state index is 13.2. The number of hydrogen-bond acceptors (Lipinski definition) is 13. The Labute approximate surface area is 487 Å². The Balaban J connectivity index is 0.539. The topological polar surface area (TPSA) is 213 Å². The summed E-state index contributed by atoms with van der Waals surface area (Å²) < 4.78 is 12.1. The van der Waals surface area contributed by atoms with Gasteiger partial charge in [-0.25, -0.2) is 19.9 Å². The molecule has 432 valence electrons. The first-order valence-corrected chi connectivity index (χ1v) is 29.3. The number of imidazole rings is 4. The van der Waals surface area contributed by atoms with E-state index >= 15 is 0 Å². The van der Waals surface area contributed by atoms with Gasteiger partial charge in [0.25, 0.3) is 0 Å². The van der Waals surface area contributed by atoms with Crippen LogP contribution in [-0.4, -0.2) is 171 Å². The standard InChI is InChI=1S/C65H72N14O5/c1-42(77(4)61(82)16-9-35-84-50-13-6-11-44(37-50)63-68-52-22-18-46(39-56(52)72-63)65-70-54-24-20-48(41-58(54)74-65)79-32-28-76(3)29-33-79)59(80)14-7-25-66-60(81)15-8-34-83-49-12-5-10-43(36-49)62-67-51-21-17-45(38-55(51)71-62)64-69-53-23-19-47(40-57(53)73-64)78-30-26-75(2)27-31-78/h5-6,10-13,17-24,36-42H,7-9,14-16,25-35H2,1-4H3,(H,66,81)(H,67,71)(H,68,72)(H,69,73)(H,70,74)/t42-/m1/s1. The van der Waals surface area contributed by atoms with Gasteiger partial charge in [-0.3, -0.25) is 14.4 Å². The molecule has 5 N–H and O–H groups in total. The van der Waals surface area contributed by atoms with Gasteiger partial charge in [0.2, 0.25) is 11.8 Å². The van der Waals surface area contributed by atoms with Crippen molar-refractivity contribution in [1.29, 1.82) is 0 Å². The Morgan fingerprint density at radius 1 is 0.512 bits per heavy atom. The summed E-state index contributed by atoms with van der Waals surface area (Å²) in [5, 5.41) is 2.92. The highest BCUT2D eigenvalue weighted by atomic mass is 16.5. The van der Waals surface area contributed by atoms with Crippen molar-refractivity contribution in [1.82, 2.24) is 59.9 Å². The van der Waals surface area contributed by atoms with E-state index in [2.05, 4.69) is 107 Å². The summed E-state index contributed by atoms with van der Waals surface area (Å²) in [6.45, 7) is 11.1. The fraction of sp³-hybridized carbons (Fsp3) is 0.338. The number of amides is 2. The monoisotopic (exact) mass is 1130 g/mol. The summed E-state index contributed by atoms with van der Waals surface area (Å²) in [7, 11) is 6.00. The molecule has 2 saturated heterocycles. The largest absolute Gasteiger partial charge is 0.494 e. The molecule has 0 saturated carbocycles. The number of piperazine rings is 2. The number of fused-ring (bicyclic) bond motifs is 4. The van der Waals surface area contributed by atoms with Gasteiger partial charge in [0.1, 0.15) is 34.8 Å². The van der Waals surface area contributed by atoms with Crippen LogP contribution >= 0.6 is 0 Å². The number of Topliss-reactive ketones (excluding diaryl/α,β-unsaturated/α-hetero) is 1. The van der Waals surface area contributed by atoms with Gasteiger partial charge < -0.3 is 59.2 Å². The van der Waals surface area contributed by atoms with Crippen LogP contribution in [0.1, 0.15) is 45.4 Å². The summed E-state index contributed by atoms with van der Waals surface area (Å²) in [6.07, 6.45) is 2.26. The summed E-state index contributed by atoms with van der Waals surface area (Å²) >= 11 is 0. The van der Waals surface area contributed by atoms with E-state index in [9.17, 15) is 14.4 Å². The zero-order chi connectivity index (χ0) is 57.7. The second kappa shape index (κ2) is 24.8. The van der Waals surface area contributed by atoms with Crippen LogP contribution in [0.15, 0.2) is 121 Å². The predicted octanol–water partition coefficient (Wildman–Crippen LogP) is 9.69. The number of carbonyl (C=O) groups is 3. The van der Waals surface area contributed by atoms with Crippen LogP contribution in [-0.2, 0) is 14.4 Å². The van der Waals surface area contributed by atoms with E-state index in [-0.39, 0.29) is 36.9 Å². The highest BCUT2D eigenvalue weighted by Gasteiger charge is 2.23. The van der Waals surface area contributed by atoms with Gasteiger partial charge in [-0.1, -0.05) is 24.3 Å². The molecule has 6 heterocycles. The number of ether oxygens (including phenoxy) is 2. The molecule has 6 aromatic carbocycles. The number of rotatable bonds is 22. The SMILES string of the molecule is C[C@H](C(=O)CCCNC(=O)CCCOc1cccc(-c2nc3ccc(-c4nc5ccc(N6CCN(C)CC6)cc5[nH]4)cc3[nH]2)c1)N(C)C(=O)CCCOc1cccc(-c2nc3ccc(-c4nc5ccc(N6CCN(C)CC6)cc5[nH]4)cc3[nH]2)c1. The van der Waals surface area contributed by atoms with Crippen LogP contribution in [0.3, 0.4) is 0 Å². The van der Waals surface area contributed by atoms with Crippen molar-refractivity contribution in [3.63, 3.8) is 0 Å². The normalized spacial score (nSPS) is 14.7. The number of carbonyl (C=O) groups excluding carboxylic acids is 3. The Morgan fingerprint density at radius 2 is 0.929 bits per heavy atom. The van der Waals surface area contributed by atoms with Crippen molar-refractivity contribution in [3.05, 3.63) is 121 Å². The fourth-order valence-electron chi connectivity index (χ4n) is 11.1. The van der Waals surface area contributed by atoms with Gasteiger partial charge in [-0.05, 0) is 137 Å². The quantitative estimate of drug-likeness (QED) is 0.0401. The van der Waals surface area contributed by atoms with Crippen molar-refractivity contribution in [3.8, 4) is 57.1 Å². The summed E-state index contributed by atoms with van der Waals surface area (Å²) in [5.41, 5.74) is 13.5. The molecule has 2 amide bonds. The molecule has 0 aliphatic carbocycles. The van der Waals surface area contributed by atoms with Crippen LogP contribution in [0.25, 0.3) is 89.7 Å². The molecule has 84 heavy (non-hydrogen) atoms. The van der Waals surface area contributed by atoms with Crippen LogP contribution in [0.5, 0.6) is 11.5 Å². The average molecular weight is 1130 g/mol. The lowest BCUT2D eigenvalue weighted by molar-refractivity contribution is -0.137. The Morgan fingerprint density at radius 3 is 1.39 bits per heavy atom. The number of nitrogens with zero attached hydrogens (tertiary/aromatic N) is 9. The van der Waals surface area contributed by atoms with Crippen molar-refractivity contribution in [2.24, 2.45) is 0 Å². The van der Waals surface area contributed by atoms with Gasteiger partial charge in [0.05, 0.1) is 63.4 Å². The van der Waals surface area contributed by atoms with Crippen LogP contribution in [0.2, 0.25) is 0 Å². The van der Waals surface area contributed by atoms with Gasteiger partial charge in [0.15, 0.2) is 5.78 Å². The smallest absolute Gasteiger partial charge is 0.223 e. The minimum absolute atomic E-state index is 0.0549. The molecular formula is C65H72N14O5. The Hall–Kier alpha value is -9.07. The summed E-state index contributed by atoms with van der Waals surface area (Å²) in [6, 6.07) is 40.0. The Bertz CT molecular complexity index is 3980. The van der Waals surface area contributed by atoms with Gasteiger partial charge in [0, 0.05) is 119 Å². The lowest BCUT2D eigenvalue weighted by Crippen LogP contribution is -2.44. The lowest BCUT2D eigenvalue weighted by Gasteiger charge is -2.34. The van der Waals surface area contributed by atoms with Crippen LogP contribution in [0.4, 0.5) is 11.4 Å². The van der Waals surface area contributed by atoms with Gasteiger partial charge in [-0.15, -0.1) is 0 Å². The Kier molecular flexibility index (Phi) is 16.4. The number of likely N-dealkylation sites (N-methyl/N-ethyl adjacent to an activating group) is 3. The van der Waals surface area contributed by atoms with E-state index in [4.69, 9.17) is 29.4 Å². The zero-order valence-corrected chi connectivity index (χ0v) is 48.2. The van der Waals surface area contributed by atoms with Crippen LogP contribution < -0.4 is 24.6 Å². The number of aromatic amines is 4. The number of anilines is 2. The maximum absolute atomic E-state index is 13.2. The minimum Gasteiger partial charge on any atom is -0.494 e. The van der Waals surface area contributed by atoms with E-state index in [0.717, 1.165) is 142 Å². The number of nitrogens with one attached hydrogen (secondary N) is 5. The third kappa shape index (κ3) is 12.8. The lowest BCUT2D eigenvalue weighted by atomic mass is 10.1. The second-order valence-electron chi connectivity index (χ2n) is 22.3. The molecule has 19 nitrogen and oxygen atoms in total. The molecule has 0 spiro atoms. The fourth-order valence-corrected chi connectivity index (χ4v) is 11.1. The first-order chi connectivity index (χ1) is 40.9. The van der Waals surface area contributed by atoms with E-state index < -0.39 is 6.04 Å². The number of benzene rings is 6. The maximum Gasteiger partial charge on any atom is 0.223 e. The average Bonchev–Trinajstić information content (AvgIpc) is 4.24. The van der Waals surface area contributed by atoms with Crippen molar-refractivity contribution < 1.29 is 23.9 Å². The van der Waals surface area contributed by atoms with Crippen molar-refractivity contribution in [2.75, 3.05) is 103 Å². The first-order valence-electron chi connectivity index (χ1n) is 29.3. The molecule has 2 aliphatic heterocycles. The van der Waals surface area contributed by atoms with Gasteiger partial charge >= 0.3 is 0 Å². The summed E-state index contributed by atoms with van der Waals surface area (Å²) in [5.74, 6) is 4.13. The molecule has 10 aromatic rings. The highest BCUT2D eigenvalue weighted by Crippen LogP contribution is 2.32. The molecular weight excluding hydrogens is 1060 g/mol. The first kappa shape index (κ1) is 55.5. The third-order valence-corrected chi connectivity index (χ3v) is 16.4. The van der Waals surface area contributed by atoms with Crippen LogP contribution in [0, 0.1) is 0 Å². The van der Waals surface area contributed by atoms with E-state index in [1.807, 2.05) is 72.8 Å². The molecule has 1 atom stereocenters. The zero-order valence-electron chi connectivity index (χ0n) is 48.2. The third-order valence-electron chi connectivity index (χ3n) is 16.4. The van der Waals surface area contributed by atoms with E-state index in [1.54, 1.807) is 14.0 Å². The summed E-state index contributed by atoms with van der Waals surface area (Å²) in [4.78, 5) is 83.6. The molecule has 0 radical (unpaired) electrons.